The summed E-state index contributed by atoms with van der Waals surface area (Å²) in [5, 5.41) is 23.3. The van der Waals surface area contributed by atoms with Crippen LogP contribution in [0.15, 0.2) is 48.6 Å². The molecule has 0 aliphatic heterocycles. The van der Waals surface area contributed by atoms with Crippen LogP contribution in [0.2, 0.25) is 0 Å². The lowest BCUT2D eigenvalue weighted by Gasteiger charge is -2.20. The fourth-order valence-electron chi connectivity index (χ4n) is 11.6. The van der Waals surface area contributed by atoms with Gasteiger partial charge in [-0.15, -0.1) is 0 Å². The summed E-state index contributed by atoms with van der Waals surface area (Å²) in [4.78, 5) is 24.6. The molecular formula is C77H145NO5. The van der Waals surface area contributed by atoms with Gasteiger partial charge in [-0.1, -0.05) is 351 Å². The summed E-state index contributed by atoms with van der Waals surface area (Å²) in [6.45, 7) is 4.92. The molecule has 83 heavy (non-hydrogen) atoms. The molecule has 0 saturated carbocycles. The first-order valence-corrected chi connectivity index (χ1v) is 37.4. The first-order chi connectivity index (χ1) is 41.0. The summed E-state index contributed by atoms with van der Waals surface area (Å²) in [5.74, 6) is -0.0624. The van der Waals surface area contributed by atoms with E-state index in [9.17, 15) is 19.8 Å². The fraction of sp³-hybridized carbons (Fsp3) is 0.870. The van der Waals surface area contributed by atoms with E-state index in [0.29, 0.717) is 19.4 Å². The number of esters is 1. The third-order valence-corrected chi connectivity index (χ3v) is 17.3. The second-order valence-electron chi connectivity index (χ2n) is 25.6. The molecule has 1 amide bonds. The topological polar surface area (TPSA) is 95.9 Å². The maximum atomic E-state index is 12.5. The lowest BCUT2D eigenvalue weighted by Crippen LogP contribution is -2.45. The normalized spacial score (nSPS) is 12.8. The molecule has 0 aliphatic carbocycles. The largest absolute Gasteiger partial charge is 0.466 e. The van der Waals surface area contributed by atoms with E-state index in [-0.39, 0.29) is 18.5 Å². The van der Waals surface area contributed by atoms with Crippen molar-refractivity contribution in [3.05, 3.63) is 48.6 Å². The summed E-state index contributed by atoms with van der Waals surface area (Å²) in [6.07, 6.45) is 94.9. The second kappa shape index (κ2) is 72.3. The number of carbonyl (C=O) groups excluding carboxylic acids is 2. The Morgan fingerprint density at radius 2 is 0.602 bits per heavy atom. The number of amides is 1. The predicted octanol–water partition coefficient (Wildman–Crippen LogP) is 24.4. The molecule has 0 bridgehead atoms. The van der Waals surface area contributed by atoms with Crippen LogP contribution in [0.25, 0.3) is 0 Å². The van der Waals surface area contributed by atoms with Gasteiger partial charge in [-0.05, 0) is 89.9 Å². The number of unbranched alkanes of at least 4 members (excludes halogenated alkanes) is 53. The molecule has 488 valence electrons. The highest BCUT2D eigenvalue weighted by atomic mass is 16.5. The van der Waals surface area contributed by atoms with E-state index in [2.05, 4.69) is 55.6 Å². The zero-order chi connectivity index (χ0) is 59.9. The Bertz CT molecular complexity index is 1390. The number of hydrogen-bond acceptors (Lipinski definition) is 5. The lowest BCUT2D eigenvalue weighted by atomic mass is 10.0. The van der Waals surface area contributed by atoms with E-state index >= 15 is 0 Å². The van der Waals surface area contributed by atoms with Gasteiger partial charge >= 0.3 is 5.97 Å². The van der Waals surface area contributed by atoms with Gasteiger partial charge < -0.3 is 20.3 Å². The molecule has 0 rings (SSSR count). The number of allylic oxidation sites excluding steroid dienone is 7. The predicted molar refractivity (Wildman–Crippen MR) is 366 cm³/mol. The Hall–Kier alpha value is -2.18. The van der Waals surface area contributed by atoms with E-state index in [1.807, 2.05) is 6.08 Å². The van der Waals surface area contributed by atoms with Gasteiger partial charge in [0.15, 0.2) is 0 Å². The van der Waals surface area contributed by atoms with Crippen molar-refractivity contribution >= 4 is 11.9 Å². The van der Waals surface area contributed by atoms with Crippen LogP contribution in [-0.2, 0) is 14.3 Å². The van der Waals surface area contributed by atoms with Gasteiger partial charge in [0.1, 0.15) is 0 Å². The van der Waals surface area contributed by atoms with Crippen molar-refractivity contribution in [1.29, 1.82) is 0 Å². The van der Waals surface area contributed by atoms with Crippen LogP contribution >= 0.6 is 0 Å². The van der Waals surface area contributed by atoms with Gasteiger partial charge in [0.2, 0.25) is 5.91 Å². The first kappa shape index (κ1) is 80.8. The monoisotopic (exact) mass is 1160 g/mol. The molecule has 2 unspecified atom stereocenters. The third kappa shape index (κ3) is 68.8. The standard InChI is InChI=1S/C77H145NO5/c1-3-5-7-9-11-13-15-17-18-19-20-21-22-30-33-36-39-42-46-49-53-57-61-65-69-75(80)74(73-79)78-76(81)70-66-62-58-54-50-47-43-40-37-34-31-28-26-24-23-25-27-29-32-35-38-41-44-48-52-56-60-64-68-72-83-77(82)71-67-63-59-55-51-45-16-14-12-10-8-6-4-2/h14,16,23,25,29,32,65,69,74-75,79-80H,3-13,15,17-22,24,26-28,30-31,33-64,66-68,70-73H2,1-2H3,(H,78,81)/b16-14-,25-23-,32-29-,69-65+. The number of aliphatic hydroxyl groups is 2. The maximum Gasteiger partial charge on any atom is 0.305 e. The highest BCUT2D eigenvalue weighted by Crippen LogP contribution is 2.19. The Kier molecular flexibility index (Phi) is 70.4. The molecule has 6 heteroatoms. The summed E-state index contributed by atoms with van der Waals surface area (Å²) < 4.78 is 5.48. The molecule has 0 aromatic heterocycles. The molecule has 0 aliphatic rings. The Labute approximate surface area is 518 Å². The highest BCUT2D eigenvalue weighted by Gasteiger charge is 2.18. The maximum absolute atomic E-state index is 12.5. The van der Waals surface area contributed by atoms with Gasteiger partial charge in [-0.2, -0.15) is 0 Å². The first-order valence-electron chi connectivity index (χ1n) is 37.4. The van der Waals surface area contributed by atoms with Crippen LogP contribution < -0.4 is 5.32 Å². The van der Waals surface area contributed by atoms with Crippen LogP contribution in [0.5, 0.6) is 0 Å². The summed E-state index contributed by atoms with van der Waals surface area (Å²) in [5.41, 5.74) is 0. The average molecular weight is 1170 g/mol. The Balaban J connectivity index is 3.44. The number of hydrogen-bond donors (Lipinski definition) is 3. The molecule has 0 aromatic rings. The SMILES string of the molecule is CCCCCC/C=C\CCCCCCCC(=O)OCCCCCCCCCCC/C=C\C/C=C\CCCCCCCCCCCCCCCC(=O)NC(CO)C(O)/C=C/CCCCCCCCCCCCCCCCCCCCCCCC. The summed E-state index contributed by atoms with van der Waals surface area (Å²) in [6, 6.07) is -0.631. The lowest BCUT2D eigenvalue weighted by molar-refractivity contribution is -0.143. The van der Waals surface area contributed by atoms with Crippen molar-refractivity contribution in [2.24, 2.45) is 0 Å². The van der Waals surface area contributed by atoms with Crippen molar-refractivity contribution in [2.75, 3.05) is 13.2 Å². The van der Waals surface area contributed by atoms with Gasteiger partial charge in [-0.3, -0.25) is 9.59 Å². The molecule has 3 N–H and O–H groups in total. The highest BCUT2D eigenvalue weighted by molar-refractivity contribution is 5.76. The van der Waals surface area contributed by atoms with Gasteiger partial charge in [-0.25, -0.2) is 0 Å². The van der Waals surface area contributed by atoms with E-state index in [1.54, 1.807) is 6.08 Å². The Morgan fingerprint density at radius 1 is 0.337 bits per heavy atom. The van der Waals surface area contributed by atoms with Crippen LogP contribution in [0.1, 0.15) is 406 Å². The molecular weight excluding hydrogens is 1020 g/mol. The van der Waals surface area contributed by atoms with Crippen LogP contribution in [0.3, 0.4) is 0 Å². The molecule has 0 radical (unpaired) electrons. The van der Waals surface area contributed by atoms with Crippen molar-refractivity contribution < 1.29 is 24.5 Å². The minimum absolute atomic E-state index is 0.00267. The minimum Gasteiger partial charge on any atom is -0.466 e. The molecule has 0 heterocycles. The second-order valence-corrected chi connectivity index (χ2v) is 25.6. The zero-order valence-corrected chi connectivity index (χ0v) is 55.9. The zero-order valence-electron chi connectivity index (χ0n) is 55.9. The van der Waals surface area contributed by atoms with Crippen LogP contribution in [0.4, 0.5) is 0 Å². The van der Waals surface area contributed by atoms with E-state index < -0.39 is 12.1 Å². The molecule has 6 nitrogen and oxygen atoms in total. The number of carbonyl (C=O) groups is 2. The van der Waals surface area contributed by atoms with Crippen molar-refractivity contribution in [1.82, 2.24) is 5.32 Å². The van der Waals surface area contributed by atoms with Gasteiger partial charge in [0.05, 0.1) is 25.4 Å². The number of rotatable bonds is 70. The summed E-state index contributed by atoms with van der Waals surface area (Å²) >= 11 is 0. The molecule has 0 fully saturated rings. The van der Waals surface area contributed by atoms with Crippen molar-refractivity contribution in [2.45, 2.75) is 418 Å². The van der Waals surface area contributed by atoms with Crippen molar-refractivity contribution in [3.63, 3.8) is 0 Å². The molecule has 0 saturated heterocycles. The van der Waals surface area contributed by atoms with Gasteiger partial charge in [0.25, 0.3) is 0 Å². The Morgan fingerprint density at radius 3 is 0.940 bits per heavy atom. The summed E-state index contributed by atoms with van der Waals surface area (Å²) in [7, 11) is 0. The van der Waals surface area contributed by atoms with E-state index in [1.165, 1.54) is 327 Å². The van der Waals surface area contributed by atoms with Gasteiger partial charge in [0, 0.05) is 12.8 Å². The molecule has 0 spiro atoms. The number of aliphatic hydroxyl groups excluding tert-OH is 2. The number of nitrogens with one attached hydrogen (secondary N) is 1. The van der Waals surface area contributed by atoms with Crippen LogP contribution in [0, 0.1) is 0 Å². The minimum atomic E-state index is -0.847. The quantitative estimate of drug-likeness (QED) is 0.0320. The van der Waals surface area contributed by atoms with Crippen molar-refractivity contribution in [3.8, 4) is 0 Å². The molecule has 2 atom stereocenters. The van der Waals surface area contributed by atoms with Crippen LogP contribution in [-0.4, -0.2) is 47.4 Å². The average Bonchev–Trinajstić information content (AvgIpc) is 3.48. The smallest absolute Gasteiger partial charge is 0.305 e. The van der Waals surface area contributed by atoms with E-state index in [0.717, 1.165) is 51.4 Å². The third-order valence-electron chi connectivity index (χ3n) is 17.3. The fourth-order valence-corrected chi connectivity index (χ4v) is 11.6. The van der Waals surface area contributed by atoms with E-state index in [4.69, 9.17) is 4.74 Å². The molecule has 0 aromatic carbocycles. The number of ether oxygens (including phenoxy) is 1.